The molecular formula is C14H16N2O3. The van der Waals surface area contributed by atoms with Crippen LogP contribution >= 0.6 is 0 Å². The largest absolute Gasteiger partial charge is 0.507 e. The van der Waals surface area contributed by atoms with Crippen molar-refractivity contribution >= 4 is 18.3 Å². The van der Waals surface area contributed by atoms with Gasteiger partial charge in [0.25, 0.3) is 0 Å². The van der Waals surface area contributed by atoms with Crippen LogP contribution in [0.5, 0.6) is 0 Å². The summed E-state index contributed by atoms with van der Waals surface area (Å²) in [5.41, 5.74) is 0.829. The first-order valence-corrected chi connectivity index (χ1v) is 5.78. The summed E-state index contributed by atoms with van der Waals surface area (Å²) in [7, 11) is 1.25. The molecular weight excluding hydrogens is 244 g/mol. The van der Waals surface area contributed by atoms with Crippen LogP contribution in [0.3, 0.4) is 0 Å². The standard InChI is InChI=1S/C14H16N2O3/c1-3-15-10-12(14(18)19-2)13(17)7-6-11-5-4-8-16-9-11/h4-10,17H,3H2,1-2H3/b7-6?,13-12+,15-10?. The topological polar surface area (TPSA) is 71.8 Å². The second kappa shape index (κ2) is 7.81. The number of pyridine rings is 1. The molecule has 0 aliphatic heterocycles. The molecule has 19 heavy (non-hydrogen) atoms. The maximum Gasteiger partial charge on any atom is 0.343 e. The summed E-state index contributed by atoms with van der Waals surface area (Å²) >= 11 is 0. The van der Waals surface area contributed by atoms with Gasteiger partial charge in [0.2, 0.25) is 0 Å². The Bertz CT molecular complexity index is 505. The summed E-state index contributed by atoms with van der Waals surface area (Å²) in [6.07, 6.45) is 7.65. The van der Waals surface area contributed by atoms with E-state index in [4.69, 9.17) is 0 Å². The number of aromatic nitrogens is 1. The molecule has 0 fully saturated rings. The summed E-state index contributed by atoms with van der Waals surface area (Å²) in [4.78, 5) is 19.4. The second-order valence-electron chi connectivity index (χ2n) is 3.54. The van der Waals surface area contributed by atoms with Gasteiger partial charge in [0.1, 0.15) is 11.3 Å². The lowest BCUT2D eigenvalue weighted by molar-refractivity contribution is -0.135. The molecule has 0 aromatic carbocycles. The molecule has 0 saturated carbocycles. The number of rotatable bonds is 5. The Morgan fingerprint density at radius 2 is 2.37 bits per heavy atom. The molecule has 5 nitrogen and oxygen atoms in total. The predicted octanol–water partition coefficient (Wildman–Crippen LogP) is 2.17. The van der Waals surface area contributed by atoms with Crippen LogP contribution in [-0.4, -0.2) is 35.9 Å². The van der Waals surface area contributed by atoms with Crippen molar-refractivity contribution in [3.8, 4) is 0 Å². The summed E-state index contributed by atoms with van der Waals surface area (Å²) in [6, 6.07) is 3.61. The molecule has 5 heteroatoms. The number of allylic oxidation sites excluding steroid dienone is 1. The van der Waals surface area contributed by atoms with E-state index in [9.17, 15) is 9.90 Å². The van der Waals surface area contributed by atoms with Crippen molar-refractivity contribution in [3.63, 3.8) is 0 Å². The normalized spacial score (nSPS) is 12.7. The molecule has 0 aliphatic carbocycles. The SMILES string of the molecule is CCN=C/C(C(=O)OC)=C(\O)C=Cc1cccnc1. The van der Waals surface area contributed by atoms with E-state index in [1.54, 1.807) is 24.5 Å². The van der Waals surface area contributed by atoms with Gasteiger partial charge in [-0.3, -0.25) is 9.98 Å². The highest BCUT2D eigenvalue weighted by molar-refractivity contribution is 6.10. The van der Waals surface area contributed by atoms with Gasteiger partial charge in [-0.25, -0.2) is 4.79 Å². The summed E-state index contributed by atoms with van der Waals surface area (Å²) in [5, 5.41) is 9.88. The van der Waals surface area contributed by atoms with Crippen molar-refractivity contribution in [3.05, 3.63) is 47.5 Å². The van der Waals surface area contributed by atoms with Crippen LogP contribution in [0.2, 0.25) is 0 Å². The molecule has 1 aromatic rings. The number of ether oxygens (including phenoxy) is 1. The van der Waals surface area contributed by atoms with Gasteiger partial charge < -0.3 is 9.84 Å². The van der Waals surface area contributed by atoms with Gasteiger partial charge in [-0.2, -0.15) is 0 Å². The third-order valence-electron chi connectivity index (χ3n) is 2.20. The van der Waals surface area contributed by atoms with Gasteiger partial charge in [0.05, 0.1) is 7.11 Å². The van der Waals surface area contributed by atoms with Crippen molar-refractivity contribution in [2.75, 3.05) is 13.7 Å². The molecule has 1 N–H and O–H groups in total. The van der Waals surface area contributed by atoms with Crippen LogP contribution in [0, 0.1) is 0 Å². The number of nitrogens with zero attached hydrogens (tertiary/aromatic N) is 2. The molecule has 0 spiro atoms. The average molecular weight is 260 g/mol. The van der Waals surface area contributed by atoms with Gasteiger partial charge in [-0.15, -0.1) is 0 Å². The lowest BCUT2D eigenvalue weighted by Gasteiger charge is -2.01. The van der Waals surface area contributed by atoms with Crippen molar-refractivity contribution in [1.82, 2.24) is 4.98 Å². The minimum Gasteiger partial charge on any atom is -0.507 e. The predicted molar refractivity (Wildman–Crippen MR) is 74.0 cm³/mol. The average Bonchev–Trinajstić information content (AvgIpc) is 2.46. The van der Waals surface area contributed by atoms with Crippen LogP contribution in [0.4, 0.5) is 0 Å². The zero-order valence-electron chi connectivity index (χ0n) is 10.9. The monoisotopic (exact) mass is 260 g/mol. The van der Waals surface area contributed by atoms with Crippen LogP contribution in [0.15, 0.2) is 46.9 Å². The van der Waals surface area contributed by atoms with E-state index in [1.807, 2.05) is 13.0 Å². The molecule has 0 atom stereocenters. The van der Waals surface area contributed by atoms with Crippen molar-refractivity contribution in [2.24, 2.45) is 4.99 Å². The number of carbonyl (C=O) groups excluding carboxylic acids is 1. The van der Waals surface area contributed by atoms with Crippen molar-refractivity contribution in [2.45, 2.75) is 6.92 Å². The lowest BCUT2D eigenvalue weighted by atomic mass is 10.2. The Morgan fingerprint density at radius 3 is 2.95 bits per heavy atom. The van der Waals surface area contributed by atoms with Gasteiger partial charge in [0, 0.05) is 25.2 Å². The second-order valence-corrected chi connectivity index (χ2v) is 3.54. The number of hydrogen-bond donors (Lipinski definition) is 1. The fraction of sp³-hybridized carbons (Fsp3) is 0.214. The van der Waals surface area contributed by atoms with E-state index in [-0.39, 0.29) is 11.3 Å². The minimum atomic E-state index is -0.634. The number of aliphatic hydroxyl groups is 1. The summed E-state index contributed by atoms with van der Waals surface area (Å²) in [6.45, 7) is 2.34. The smallest absolute Gasteiger partial charge is 0.343 e. The molecule has 0 aliphatic rings. The highest BCUT2D eigenvalue weighted by Crippen LogP contribution is 2.07. The quantitative estimate of drug-likeness (QED) is 0.289. The van der Waals surface area contributed by atoms with Crippen molar-refractivity contribution < 1.29 is 14.6 Å². The van der Waals surface area contributed by atoms with E-state index in [0.717, 1.165) is 5.56 Å². The first-order chi connectivity index (χ1) is 9.19. The maximum atomic E-state index is 11.5. The first kappa shape index (κ1) is 14.6. The van der Waals surface area contributed by atoms with E-state index >= 15 is 0 Å². The molecule has 0 radical (unpaired) electrons. The van der Waals surface area contributed by atoms with Gasteiger partial charge >= 0.3 is 5.97 Å². The third-order valence-corrected chi connectivity index (χ3v) is 2.20. The fourth-order valence-corrected chi connectivity index (χ4v) is 1.26. The number of methoxy groups -OCH3 is 1. The van der Waals surface area contributed by atoms with Crippen LogP contribution < -0.4 is 0 Å². The van der Waals surface area contributed by atoms with Crippen LogP contribution in [-0.2, 0) is 9.53 Å². The minimum absolute atomic E-state index is 0.0180. The molecule has 100 valence electrons. The Morgan fingerprint density at radius 1 is 1.58 bits per heavy atom. The third kappa shape index (κ3) is 4.75. The molecule has 0 bridgehead atoms. The fourth-order valence-electron chi connectivity index (χ4n) is 1.26. The number of aliphatic hydroxyl groups excluding tert-OH is 1. The zero-order chi connectivity index (χ0) is 14.1. The maximum absolute atomic E-state index is 11.5. The van der Waals surface area contributed by atoms with E-state index in [2.05, 4.69) is 14.7 Å². The van der Waals surface area contributed by atoms with E-state index < -0.39 is 5.97 Å². The number of aliphatic imine (C=N–C) groups is 1. The van der Waals surface area contributed by atoms with E-state index in [1.165, 1.54) is 19.4 Å². The Kier molecular flexibility index (Phi) is 6.02. The van der Waals surface area contributed by atoms with Crippen LogP contribution in [0.1, 0.15) is 12.5 Å². The molecule has 1 aromatic heterocycles. The van der Waals surface area contributed by atoms with Crippen molar-refractivity contribution in [1.29, 1.82) is 0 Å². The molecule has 1 rings (SSSR count). The van der Waals surface area contributed by atoms with Gasteiger partial charge in [-0.1, -0.05) is 6.07 Å². The molecule has 0 saturated heterocycles. The van der Waals surface area contributed by atoms with E-state index in [0.29, 0.717) is 6.54 Å². The van der Waals surface area contributed by atoms with Crippen LogP contribution in [0.25, 0.3) is 6.08 Å². The highest BCUT2D eigenvalue weighted by Gasteiger charge is 2.11. The first-order valence-electron chi connectivity index (χ1n) is 5.78. The molecule has 0 unspecified atom stereocenters. The Hall–Kier alpha value is -2.43. The van der Waals surface area contributed by atoms with Gasteiger partial charge in [-0.05, 0) is 30.7 Å². The number of esters is 1. The molecule has 1 heterocycles. The Labute approximate surface area is 112 Å². The lowest BCUT2D eigenvalue weighted by Crippen LogP contribution is -2.08. The number of hydrogen-bond acceptors (Lipinski definition) is 5. The molecule has 0 amide bonds. The zero-order valence-corrected chi connectivity index (χ0v) is 10.9. The highest BCUT2D eigenvalue weighted by atomic mass is 16.5. The summed E-state index contributed by atoms with van der Waals surface area (Å²) in [5.74, 6) is -0.835. The Balaban J connectivity index is 2.99. The van der Waals surface area contributed by atoms with Gasteiger partial charge in [0.15, 0.2) is 0 Å². The summed E-state index contributed by atoms with van der Waals surface area (Å²) < 4.78 is 4.59. The number of carbonyl (C=O) groups is 1.